The van der Waals surface area contributed by atoms with Gasteiger partial charge in [-0.1, -0.05) is 24.3 Å². The van der Waals surface area contributed by atoms with Crippen molar-refractivity contribution in [3.63, 3.8) is 0 Å². The van der Waals surface area contributed by atoms with Gasteiger partial charge in [-0.05, 0) is 28.8 Å². The summed E-state index contributed by atoms with van der Waals surface area (Å²) >= 11 is 0. The van der Waals surface area contributed by atoms with Crippen LogP contribution in [0.3, 0.4) is 0 Å². The second-order valence-corrected chi connectivity index (χ2v) is 5.03. The van der Waals surface area contributed by atoms with Crippen LogP contribution in [0.5, 0.6) is 0 Å². The molecule has 0 spiro atoms. The van der Waals surface area contributed by atoms with Crippen molar-refractivity contribution in [2.24, 2.45) is 10.7 Å². The Morgan fingerprint density at radius 1 is 1.24 bits per heavy atom. The van der Waals surface area contributed by atoms with Gasteiger partial charge in [0, 0.05) is 19.4 Å². The normalized spacial score (nSPS) is 18.5. The number of carbonyl (C=O) groups is 1. The minimum absolute atomic E-state index is 0.0146. The maximum atomic E-state index is 11.9. The fraction of sp³-hybridized carbons (Fsp3) is 0.188. The molecular weight excluding hydrogens is 264 g/mol. The molecule has 5 heteroatoms. The Balaban J connectivity index is 1.96. The first-order valence-corrected chi connectivity index (χ1v) is 6.75. The molecule has 2 N–H and O–H groups in total. The van der Waals surface area contributed by atoms with Crippen molar-refractivity contribution in [2.75, 3.05) is 7.05 Å². The molecule has 0 unspecified atom stereocenters. The standard InChI is InChI=1S/C16H16N4O/c1-20-15(21)9-14(19-16(20)17)12-5-2-4-11(8-12)13-6-3-7-18-10-13/h2-8,10,14H,9H2,1H3,(H2,17,19)/t14-/m0/s1. The summed E-state index contributed by atoms with van der Waals surface area (Å²) in [5, 5.41) is 0. The number of amides is 1. The number of nitrogens with zero attached hydrogens (tertiary/aromatic N) is 3. The van der Waals surface area contributed by atoms with E-state index in [1.807, 2.05) is 42.6 Å². The van der Waals surface area contributed by atoms with Crippen molar-refractivity contribution in [1.29, 1.82) is 0 Å². The number of aromatic nitrogens is 1. The van der Waals surface area contributed by atoms with Gasteiger partial charge in [0.2, 0.25) is 5.91 Å². The summed E-state index contributed by atoms with van der Waals surface area (Å²) in [5.74, 6) is 0.252. The van der Waals surface area contributed by atoms with Gasteiger partial charge in [-0.3, -0.25) is 14.7 Å². The molecular formula is C16H16N4O. The van der Waals surface area contributed by atoms with Crippen LogP contribution in [-0.4, -0.2) is 28.8 Å². The van der Waals surface area contributed by atoms with Gasteiger partial charge in [0.15, 0.2) is 5.96 Å². The number of rotatable bonds is 2. The lowest BCUT2D eigenvalue weighted by molar-refractivity contribution is -0.127. The Morgan fingerprint density at radius 2 is 2.05 bits per heavy atom. The topological polar surface area (TPSA) is 71.6 Å². The highest BCUT2D eigenvalue weighted by Gasteiger charge is 2.25. The van der Waals surface area contributed by atoms with E-state index < -0.39 is 0 Å². The first kappa shape index (κ1) is 13.3. The number of nitrogens with two attached hydrogens (primary N) is 1. The van der Waals surface area contributed by atoms with Crippen LogP contribution < -0.4 is 5.73 Å². The predicted molar refractivity (Wildman–Crippen MR) is 81.4 cm³/mol. The molecule has 0 radical (unpaired) electrons. The van der Waals surface area contributed by atoms with Gasteiger partial charge in [-0.2, -0.15) is 0 Å². The van der Waals surface area contributed by atoms with Crippen LogP contribution >= 0.6 is 0 Å². The molecule has 3 rings (SSSR count). The second-order valence-electron chi connectivity index (χ2n) is 5.03. The van der Waals surface area contributed by atoms with E-state index in [1.54, 1.807) is 13.2 Å². The van der Waals surface area contributed by atoms with Gasteiger partial charge >= 0.3 is 0 Å². The van der Waals surface area contributed by atoms with Gasteiger partial charge in [0.1, 0.15) is 0 Å². The van der Waals surface area contributed by atoms with E-state index >= 15 is 0 Å². The minimum Gasteiger partial charge on any atom is -0.369 e. The molecule has 5 nitrogen and oxygen atoms in total. The second kappa shape index (κ2) is 5.36. The average Bonchev–Trinajstić information content (AvgIpc) is 2.53. The molecule has 21 heavy (non-hydrogen) atoms. The van der Waals surface area contributed by atoms with Crippen LogP contribution in [0.2, 0.25) is 0 Å². The zero-order valence-corrected chi connectivity index (χ0v) is 11.7. The molecule has 106 valence electrons. The number of aliphatic imine (C=N–C) groups is 1. The molecule has 0 bridgehead atoms. The summed E-state index contributed by atoms with van der Waals surface area (Å²) in [6, 6.07) is 11.7. The van der Waals surface area contributed by atoms with E-state index in [0.717, 1.165) is 16.7 Å². The molecule has 2 aromatic rings. The van der Waals surface area contributed by atoms with Gasteiger partial charge in [-0.15, -0.1) is 0 Å². The molecule has 1 amide bonds. The van der Waals surface area contributed by atoms with Gasteiger partial charge in [0.25, 0.3) is 0 Å². The summed E-state index contributed by atoms with van der Waals surface area (Å²) in [6.07, 6.45) is 3.90. The molecule has 0 fully saturated rings. The van der Waals surface area contributed by atoms with Crippen LogP contribution in [-0.2, 0) is 4.79 Å². The highest BCUT2D eigenvalue weighted by Crippen LogP contribution is 2.28. The van der Waals surface area contributed by atoms with E-state index in [1.165, 1.54) is 4.90 Å². The number of guanidine groups is 1. The highest BCUT2D eigenvalue weighted by molar-refractivity contribution is 5.98. The molecule has 1 aromatic heterocycles. The van der Waals surface area contributed by atoms with E-state index in [4.69, 9.17) is 5.73 Å². The van der Waals surface area contributed by atoms with E-state index in [-0.39, 0.29) is 17.9 Å². The van der Waals surface area contributed by atoms with Crippen molar-refractivity contribution in [1.82, 2.24) is 9.88 Å². The van der Waals surface area contributed by atoms with Crippen LogP contribution in [0.1, 0.15) is 18.0 Å². The van der Waals surface area contributed by atoms with Crippen molar-refractivity contribution in [3.05, 3.63) is 54.4 Å². The van der Waals surface area contributed by atoms with Crippen molar-refractivity contribution < 1.29 is 4.79 Å². The van der Waals surface area contributed by atoms with Gasteiger partial charge in [0.05, 0.1) is 12.5 Å². The monoisotopic (exact) mass is 280 g/mol. The van der Waals surface area contributed by atoms with Gasteiger partial charge in [-0.25, -0.2) is 4.99 Å². The molecule has 1 atom stereocenters. The summed E-state index contributed by atoms with van der Waals surface area (Å²) in [4.78, 5) is 21.8. The van der Waals surface area contributed by atoms with Crippen molar-refractivity contribution in [2.45, 2.75) is 12.5 Å². The molecule has 0 aliphatic carbocycles. The molecule has 1 aliphatic rings. The van der Waals surface area contributed by atoms with E-state index in [9.17, 15) is 4.79 Å². The number of hydrogen-bond donors (Lipinski definition) is 1. The van der Waals surface area contributed by atoms with E-state index in [2.05, 4.69) is 9.98 Å². The smallest absolute Gasteiger partial charge is 0.231 e. The molecule has 0 saturated heterocycles. The maximum absolute atomic E-state index is 11.9. The Morgan fingerprint density at radius 3 is 2.76 bits per heavy atom. The lowest BCUT2D eigenvalue weighted by atomic mass is 9.98. The Hall–Kier alpha value is -2.69. The van der Waals surface area contributed by atoms with Gasteiger partial charge < -0.3 is 5.73 Å². The van der Waals surface area contributed by atoms with Crippen molar-refractivity contribution in [3.8, 4) is 11.1 Å². The fourth-order valence-electron chi connectivity index (χ4n) is 2.37. The molecule has 1 aliphatic heterocycles. The number of benzene rings is 1. The number of pyridine rings is 1. The molecule has 1 aromatic carbocycles. The minimum atomic E-state index is -0.217. The fourth-order valence-corrected chi connectivity index (χ4v) is 2.37. The largest absolute Gasteiger partial charge is 0.369 e. The zero-order valence-electron chi connectivity index (χ0n) is 11.7. The quantitative estimate of drug-likeness (QED) is 0.914. The average molecular weight is 280 g/mol. The third kappa shape index (κ3) is 2.63. The van der Waals surface area contributed by atoms with Crippen LogP contribution in [0.4, 0.5) is 0 Å². The van der Waals surface area contributed by atoms with Crippen LogP contribution in [0.25, 0.3) is 11.1 Å². The third-order valence-electron chi connectivity index (χ3n) is 3.64. The first-order chi connectivity index (χ1) is 10.1. The number of carbonyl (C=O) groups excluding carboxylic acids is 1. The lowest BCUT2D eigenvalue weighted by Crippen LogP contribution is -2.42. The maximum Gasteiger partial charge on any atom is 0.231 e. The highest BCUT2D eigenvalue weighted by atomic mass is 16.2. The van der Waals surface area contributed by atoms with Crippen LogP contribution in [0, 0.1) is 0 Å². The summed E-state index contributed by atoms with van der Waals surface area (Å²) in [6.45, 7) is 0. The van der Waals surface area contributed by atoms with Crippen molar-refractivity contribution >= 4 is 11.9 Å². The molecule has 0 saturated carbocycles. The Labute approximate surface area is 123 Å². The first-order valence-electron chi connectivity index (χ1n) is 6.75. The Kier molecular flexibility index (Phi) is 3.39. The van der Waals surface area contributed by atoms with E-state index in [0.29, 0.717) is 6.42 Å². The summed E-state index contributed by atoms with van der Waals surface area (Å²) in [7, 11) is 1.64. The lowest BCUT2D eigenvalue weighted by Gasteiger charge is -2.25. The summed E-state index contributed by atoms with van der Waals surface area (Å²) < 4.78 is 0. The number of hydrogen-bond acceptors (Lipinski definition) is 4. The van der Waals surface area contributed by atoms with Crippen LogP contribution in [0.15, 0.2) is 53.8 Å². The zero-order chi connectivity index (χ0) is 14.8. The third-order valence-corrected chi connectivity index (χ3v) is 3.64. The SMILES string of the molecule is CN1C(=O)C[C@@H](c2cccc(-c3cccnc3)c2)N=C1N. The Bertz CT molecular complexity index is 696. The molecule has 2 heterocycles. The predicted octanol–water partition coefficient (Wildman–Crippen LogP) is 1.97. The summed E-state index contributed by atoms with van der Waals surface area (Å²) in [5.41, 5.74) is 8.87.